The minimum absolute atomic E-state index is 0.132. The van der Waals surface area contributed by atoms with Gasteiger partial charge in [-0.3, -0.25) is 4.79 Å². The monoisotopic (exact) mass is 155 g/mol. The van der Waals surface area contributed by atoms with Crippen molar-refractivity contribution in [2.75, 3.05) is 13.2 Å². The van der Waals surface area contributed by atoms with Crippen LogP contribution < -0.4 is 5.32 Å². The van der Waals surface area contributed by atoms with Crippen molar-refractivity contribution in [3.63, 3.8) is 0 Å². The van der Waals surface area contributed by atoms with Gasteiger partial charge in [0.05, 0.1) is 19.1 Å². The van der Waals surface area contributed by atoms with Gasteiger partial charge in [0.2, 0.25) is 5.91 Å². The van der Waals surface area contributed by atoms with Crippen LogP contribution in [0.3, 0.4) is 0 Å². The Kier molecular flexibility index (Phi) is 1.42. The first-order valence-corrected chi connectivity index (χ1v) is 4.09. The Morgan fingerprint density at radius 2 is 2.18 bits per heavy atom. The molecule has 1 heterocycles. The van der Waals surface area contributed by atoms with E-state index >= 15 is 0 Å². The molecule has 11 heavy (non-hydrogen) atoms. The molecule has 1 aliphatic heterocycles. The minimum atomic E-state index is 0.132. The summed E-state index contributed by atoms with van der Waals surface area (Å²) in [7, 11) is 0. The molecule has 0 aromatic heterocycles. The Hall–Kier alpha value is -0.570. The first-order valence-electron chi connectivity index (χ1n) is 4.09. The summed E-state index contributed by atoms with van der Waals surface area (Å²) < 4.78 is 4.93. The molecule has 0 atom stereocenters. The van der Waals surface area contributed by atoms with Gasteiger partial charge < -0.3 is 10.1 Å². The average Bonchev–Trinajstić information content (AvgIpc) is 2.41. The third-order valence-corrected chi connectivity index (χ3v) is 2.43. The van der Waals surface area contributed by atoms with Crippen molar-refractivity contribution in [2.24, 2.45) is 5.92 Å². The van der Waals surface area contributed by atoms with Crippen molar-refractivity contribution in [3.05, 3.63) is 0 Å². The quantitative estimate of drug-likeness (QED) is 0.623. The van der Waals surface area contributed by atoms with Crippen LogP contribution >= 0.6 is 0 Å². The molecule has 62 valence electrons. The fourth-order valence-corrected chi connectivity index (χ4v) is 1.10. The summed E-state index contributed by atoms with van der Waals surface area (Å²) in [5.74, 6) is 0.309. The fraction of sp³-hybridized carbons (Fsp3) is 0.875. The van der Waals surface area contributed by atoms with E-state index < -0.39 is 0 Å². The van der Waals surface area contributed by atoms with Gasteiger partial charge in [0.15, 0.2) is 0 Å². The lowest BCUT2D eigenvalue weighted by Gasteiger charge is -2.26. The van der Waals surface area contributed by atoms with Crippen LogP contribution in [0.2, 0.25) is 0 Å². The minimum Gasteiger partial charge on any atom is -0.380 e. The van der Waals surface area contributed by atoms with Gasteiger partial charge >= 0.3 is 0 Å². The molecule has 0 bridgehead atoms. The highest BCUT2D eigenvalue weighted by Gasteiger charge is 2.41. The van der Waals surface area contributed by atoms with Crippen molar-refractivity contribution >= 4 is 5.91 Å². The van der Waals surface area contributed by atoms with Gasteiger partial charge in [-0.2, -0.15) is 0 Å². The Morgan fingerprint density at radius 1 is 1.55 bits per heavy atom. The molecule has 1 amide bonds. The number of rotatable bonds is 2. The van der Waals surface area contributed by atoms with Crippen LogP contribution in [0.1, 0.15) is 19.8 Å². The molecule has 0 spiro atoms. The first kappa shape index (κ1) is 7.10. The van der Waals surface area contributed by atoms with Crippen molar-refractivity contribution in [1.82, 2.24) is 5.32 Å². The van der Waals surface area contributed by atoms with Crippen LogP contribution in [0.5, 0.6) is 0 Å². The molecule has 1 N–H and O–H groups in total. The molecule has 0 aromatic rings. The third kappa shape index (κ3) is 1.38. The van der Waals surface area contributed by atoms with Crippen molar-refractivity contribution in [3.8, 4) is 0 Å². The Balaban J connectivity index is 1.81. The molecule has 3 heteroatoms. The number of ether oxygens (including phenoxy) is 1. The zero-order chi connectivity index (χ0) is 7.90. The van der Waals surface area contributed by atoms with Crippen LogP contribution in [0.25, 0.3) is 0 Å². The van der Waals surface area contributed by atoms with E-state index in [1.807, 2.05) is 0 Å². The Morgan fingerprint density at radius 3 is 2.55 bits per heavy atom. The largest absolute Gasteiger partial charge is 0.380 e. The second-order valence-corrected chi connectivity index (χ2v) is 3.78. The van der Waals surface area contributed by atoms with Crippen LogP contribution in [0.4, 0.5) is 0 Å². The maximum absolute atomic E-state index is 11.3. The van der Waals surface area contributed by atoms with E-state index in [4.69, 9.17) is 4.74 Å². The number of carbonyl (C=O) groups excluding carboxylic acids is 1. The second kappa shape index (κ2) is 2.21. The van der Waals surface area contributed by atoms with E-state index in [9.17, 15) is 4.79 Å². The highest BCUT2D eigenvalue weighted by molar-refractivity contribution is 5.80. The topological polar surface area (TPSA) is 38.3 Å². The molecule has 0 aromatic carbocycles. The number of hydrogen-bond acceptors (Lipinski definition) is 2. The summed E-state index contributed by atoms with van der Waals surface area (Å²) in [5.41, 5.74) is 0.132. The van der Waals surface area contributed by atoms with Crippen molar-refractivity contribution in [1.29, 1.82) is 0 Å². The molecule has 1 aliphatic carbocycles. The van der Waals surface area contributed by atoms with Crippen LogP contribution in [0.15, 0.2) is 0 Å². The molecule has 1 saturated heterocycles. The van der Waals surface area contributed by atoms with Gasteiger partial charge in [-0.15, -0.1) is 0 Å². The number of nitrogens with one attached hydrogen (secondary N) is 1. The second-order valence-electron chi connectivity index (χ2n) is 3.78. The lowest BCUT2D eigenvalue weighted by Crippen LogP contribution is -2.46. The molecule has 0 radical (unpaired) electrons. The molecule has 1 saturated carbocycles. The van der Waals surface area contributed by atoms with Gasteiger partial charge in [-0.05, 0) is 19.8 Å². The zero-order valence-electron chi connectivity index (χ0n) is 6.72. The summed E-state index contributed by atoms with van der Waals surface area (Å²) >= 11 is 0. The predicted octanol–water partition coefficient (Wildman–Crippen LogP) is 0.301. The predicted molar refractivity (Wildman–Crippen MR) is 40.1 cm³/mol. The van der Waals surface area contributed by atoms with Gasteiger partial charge in [0.25, 0.3) is 0 Å². The average molecular weight is 155 g/mol. The number of hydrogen-bond donors (Lipinski definition) is 1. The van der Waals surface area contributed by atoms with E-state index in [1.54, 1.807) is 0 Å². The van der Waals surface area contributed by atoms with Gasteiger partial charge in [0, 0.05) is 5.54 Å². The highest BCUT2D eigenvalue weighted by Crippen LogP contribution is 2.34. The van der Waals surface area contributed by atoms with Gasteiger partial charge in [0.1, 0.15) is 0 Å². The molecule has 2 aliphatic rings. The lowest BCUT2D eigenvalue weighted by molar-refractivity contribution is -0.139. The SMILES string of the molecule is CC1(NC(=O)C2COC2)CC1. The molecule has 2 rings (SSSR count). The first-order chi connectivity index (χ1) is 5.20. The fourth-order valence-electron chi connectivity index (χ4n) is 1.10. The Bertz CT molecular complexity index is 183. The third-order valence-electron chi connectivity index (χ3n) is 2.43. The standard InChI is InChI=1S/C8H13NO2/c1-8(2-3-8)9-7(10)6-4-11-5-6/h6H,2-5H2,1H3,(H,9,10). The maximum Gasteiger partial charge on any atom is 0.228 e. The Labute approximate surface area is 66.1 Å². The summed E-state index contributed by atoms with van der Waals surface area (Å²) in [6.07, 6.45) is 2.26. The van der Waals surface area contributed by atoms with Crippen molar-refractivity contribution < 1.29 is 9.53 Å². The zero-order valence-corrected chi connectivity index (χ0v) is 6.72. The van der Waals surface area contributed by atoms with E-state index in [2.05, 4.69) is 12.2 Å². The van der Waals surface area contributed by atoms with Crippen LogP contribution in [-0.4, -0.2) is 24.7 Å². The lowest BCUT2D eigenvalue weighted by atomic mass is 10.1. The molecule has 2 fully saturated rings. The van der Waals surface area contributed by atoms with Gasteiger partial charge in [-0.25, -0.2) is 0 Å². The highest BCUT2D eigenvalue weighted by atomic mass is 16.5. The van der Waals surface area contributed by atoms with Crippen LogP contribution in [-0.2, 0) is 9.53 Å². The summed E-state index contributed by atoms with van der Waals surface area (Å²) in [6.45, 7) is 3.31. The maximum atomic E-state index is 11.3. The number of carbonyl (C=O) groups is 1. The number of amides is 1. The molecule has 0 unspecified atom stereocenters. The summed E-state index contributed by atoms with van der Waals surface area (Å²) in [6, 6.07) is 0. The van der Waals surface area contributed by atoms with Crippen molar-refractivity contribution in [2.45, 2.75) is 25.3 Å². The summed E-state index contributed by atoms with van der Waals surface area (Å²) in [5, 5.41) is 3.01. The van der Waals surface area contributed by atoms with E-state index in [-0.39, 0.29) is 17.4 Å². The summed E-state index contributed by atoms with van der Waals surface area (Å²) in [4.78, 5) is 11.3. The van der Waals surface area contributed by atoms with Crippen LogP contribution in [0, 0.1) is 5.92 Å². The van der Waals surface area contributed by atoms with E-state index in [0.29, 0.717) is 13.2 Å². The molecular weight excluding hydrogens is 142 g/mol. The van der Waals surface area contributed by atoms with E-state index in [1.165, 1.54) is 0 Å². The van der Waals surface area contributed by atoms with Gasteiger partial charge in [-0.1, -0.05) is 0 Å². The normalized spacial score (nSPS) is 27.4. The molecular formula is C8H13NO2. The molecule has 3 nitrogen and oxygen atoms in total. The van der Waals surface area contributed by atoms with E-state index in [0.717, 1.165) is 12.8 Å². The smallest absolute Gasteiger partial charge is 0.228 e.